The number of benzene rings is 3. The number of hydrogen-bond acceptors (Lipinski definition) is 3. The van der Waals surface area contributed by atoms with Gasteiger partial charge in [0.15, 0.2) is 0 Å². The molecule has 2 N–H and O–H groups in total. The van der Waals surface area contributed by atoms with Crippen molar-refractivity contribution in [3.05, 3.63) is 94.5 Å². The van der Waals surface area contributed by atoms with Crippen molar-refractivity contribution in [1.29, 1.82) is 0 Å². The van der Waals surface area contributed by atoms with Gasteiger partial charge in [-0.25, -0.2) is 8.42 Å². The maximum absolute atomic E-state index is 13.1. The van der Waals surface area contributed by atoms with Gasteiger partial charge >= 0.3 is 0 Å². The van der Waals surface area contributed by atoms with Gasteiger partial charge in [0, 0.05) is 5.56 Å². The molecule has 3 aromatic rings. The highest BCUT2D eigenvalue weighted by atomic mass is 32.2. The number of anilines is 1. The SMILES string of the molecule is CC[C@H](NC(=O)c1ccc(C)c(S(=O)(=O)Nc2cccc(C)c2C)c1)c1ccccc1. The normalized spacial score (nSPS) is 12.3. The van der Waals surface area contributed by atoms with Crippen molar-refractivity contribution in [2.75, 3.05) is 4.72 Å². The lowest BCUT2D eigenvalue weighted by Gasteiger charge is -2.18. The molecule has 0 spiro atoms. The summed E-state index contributed by atoms with van der Waals surface area (Å²) in [5, 5.41) is 3.01. The van der Waals surface area contributed by atoms with Crippen LogP contribution in [0.3, 0.4) is 0 Å². The van der Waals surface area contributed by atoms with Crippen LogP contribution in [0.5, 0.6) is 0 Å². The van der Waals surface area contributed by atoms with E-state index in [4.69, 9.17) is 0 Å². The Morgan fingerprint density at radius 2 is 1.61 bits per heavy atom. The zero-order valence-corrected chi connectivity index (χ0v) is 19.1. The molecular formula is C25H28N2O3S. The predicted molar refractivity (Wildman–Crippen MR) is 125 cm³/mol. The van der Waals surface area contributed by atoms with Gasteiger partial charge < -0.3 is 5.32 Å². The van der Waals surface area contributed by atoms with Gasteiger partial charge in [0.25, 0.3) is 15.9 Å². The quantitative estimate of drug-likeness (QED) is 0.528. The van der Waals surface area contributed by atoms with E-state index in [1.54, 1.807) is 25.1 Å². The minimum atomic E-state index is -3.86. The van der Waals surface area contributed by atoms with Crippen molar-refractivity contribution >= 4 is 21.6 Å². The maximum Gasteiger partial charge on any atom is 0.262 e. The molecule has 0 aromatic heterocycles. The number of sulfonamides is 1. The highest BCUT2D eigenvalue weighted by molar-refractivity contribution is 7.92. The molecule has 0 bridgehead atoms. The standard InChI is InChI=1S/C25H28N2O3S/c1-5-22(20-11-7-6-8-12-20)26-25(28)21-15-14-18(3)24(16-21)31(29,30)27-23-13-9-10-17(2)19(23)4/h6-16,22,27H,5H2,1-4H3,(H,26,28)/t22-/m0/s1. The fraction of sp³-hybridized carbons (Fsp3) is 0.240. The second kappa shape index (κ2) is 9.35. The minimum absolute atomic E-state index is 0.0915. The van der Waals surface area contributed by atoms with Gasteiger partial charge in [-0.15, -0.1) is 0 Å². The summed E-state index contributed by atoms with van der Waals surface area (Å²) in [4.78, 5) is 13.0. The molecule has 31 heavy (non-hydrogen) atoms. The van der Waals surface area contributed by atoms with Crippen LogP contribution in [-0.4, -0.2) is 14.3 Å². The van der Waals surface area contributed by atoms with Crippen LogP contribution in [0.15, 0.2) is 71.6 Å². The Hall–Kier alpha value is -3.12. The number of hydrogen-bond donors (Lipinski definition) is 2. The Morgan fingerprint density at radius 1 is 0.903 bits per heavy atom. The second-order valence-electron chi connectivity index (χ2n) is 7.68. The van der Waals surface area contributed by atoms with Gasteiger partial charge in [-0.05, 0) is 67.6 Å². The second-order valence-corrected chi connectivity index (χ2v) is 9.33. The van der Waals surface area contributed by atoms with Gasteiger partial charge in [0.05, 0.1) is 16.6 Å². The molecule has 1 atom stereocenters. The highest BCUT2D eigenvalue weighted by Crippen LogP contribution is 2.25. The molecule has 6 heteroatoms. The third-order valence-electron chi connectivity index (χ3n) is 5.50. The third-order valence-corrected chi connectivity index (χ3v) is 7.01. The zero-order chi connectivity index (χ0) is 22.6. The maximum atomic E-state index is 13.1. The van der Waals surface area contributed by atoms with Crippen molar-refractivity contribution < 1.29 is 13.2 Å². The molecule has 162 valence electrons. The summed E-state index contributed by atoms with van der Waals surface area (Å²) in [6.45, 7) is 7.52. The molecule has 0 aliphatic heterocycles. The van der Waals surface area contributed by atoms with Gasteiger partial charge in [0.1, 0.15) is 0 Å². The number of carbonyl (C=O) groups is 1. The minimum Gasteiger partial charge on any atom is -0.345 e. The fourth-order valence-corrected chi connectivity index (χ4v) is 4.83. The smallest absolute Gasteiger partial charge is 0.262 e. The lowest BCUT2D eigenvalue weighted by molar-refractivity contribution is 0.0935. The molecule has 0 heterocycles. The highest BCUT2D eigenvalue weighted by Gasteiger charge is 2.21. The van der Waals surface area contributed by atoms with E-state index < -0.39 is 10.0 Å². The van der Waals surface area contributed by atoms with E-state index in [1.165, 1.54) is 6.07 Å². The summed E-state index contributed by atoms with van der Waals surface area (Å²) in [6.07, 6.45) is 0.723. The van der Waals surface area contributed by atoms with E-state index >= 15 is 0 Å². The Labute approximate surface area is 184 Å². The van der Waals surface area contributed by atoms with Crippen LogP contribution < -0.4 is 10.0 Å². The summed E-state index contributed by atoms with van der Waals surface area (Å²) in [6, 6.07) is 19.8. The van der Waals surface area contributed by atoms with E-state index in [2.05, 4.69) is 10.0 Å². The summed E-state index contributed by atoms with van der Waals surface area (Å²) in [7, 11) is -3.86. The Balaban J connectivity index is 1.88. The number of amides is 1. The van der Waals surface area contributed by atoms with Crippen LogP contribution in [0, 0.1) is 20.8 Å². The lowest BCUT2D eigenvalue weighted by atomic mass is 10.0. The van der Waals surface area contributed by atoms with Crippen LogP contribution in [-0.2, 0) is 10.0 Å². The molecule has 0 saturated carbocycles. The first-order valence-electron chi connectivity index (χ1n) is 10.3. The number of carbonyl (C=O) groups excluding carboxylic acids is 1. The molecule has 0 saturated heterocycles. The van der Waals surface area contributed by atoms with Gasteiger partial charge in [-0.2, -0.15) is 0 Å². The molecule has 3 rings (SSSR count). The first-order chi connectivity index (χ1) is 14.7. The van der Waals surface area contributed by atoms with Crippen LogP contribution in [0.1, 0.15) is 52.0 Å². The number of aryl methyl sites for hydroxylation is 2. The monoisotopic (exact) mass is 436 g/mol. The van der Waals surface area contributed by atoms with E-state index in [9.17, 15) is 13.2 Å². The Bertz CT molecular complexity index is 1190. The largest absolute Gasteiger partial charge is 0.345 e. The summed E-state index contributed by atoms with van der Waals surface area (Å²) < 4.78 is 28.9. The average molecular weight is 437 g/mol. The number of nitrogens with one attached hydrogen (secondary N) is 2. The van der Waals surface area contributed by atoms with Crippen molar-refractivity contribution in [3.8, 4) is 0 Å². The molecule has 0 radical (unpaired) electrons. The molecule has 5 nitrogen and oxygen atoms in total. The summed E-state index contributed by atoms with van der Waals surface area (Å²) >= 11 is 0. The van der Waals surface area contributed by atoms with Crippen molar-refractivity contribution in [2.45, 2.75) is 45.1 Å². The molecule has 0 unspecified atom stereocenters. The Morgan fingerprint density at radius 3 is 2.29 bits per heavy atom. The Kier molecular flexibility index (Phi) is 6.81. The van der Waals surface area contributed by atoms with Crippen molar-refractivity contribution in [3.63, 3.8) is 0 Å². The van der Waals surface area contributed by atoms with Crippen LogP contribution in [0.25, 0.3) is 0 Å². The van der Waals surface area contributed by atoms with E-state index in [0.717, 1.165) is 23.1 Å². The van der Waals surface area contributed by atoms with E-state index in [-0.39, 0.29) is 16.8 Å². The van der Waals surface area contributed by atoms with Crippen molar-refractivity contribution in [1.82, 2.24) is 5.32 Å². The molecular weight excluding hydrogens is 408 g/mol. The number of rotatable bonds is 7. The molecule has 1 amide bonds. The third kappa shape index (κ3) is 5.14. The fourth-order valence-electron chi connectivity index (χ4n) is 3.44. The average Bonchev–Trinajstić information content (AvgIpc) is 2.75. The first kappa shape index (κ1) is 22.6. The van der Waals surface area contributed by atoms with Gasteiger partial charge in [0.2, 0.25) is 0 Å². The molecule has 0 aliphatic carbocycles. The summed E-state index contributed by atoms with van der Waals surface area (Å²) in [5.74, 6) is -0.307. The van der Waals surface area contributed by atoms with Crippen molar-refractivity contribution in [2.24, 2.45) is 0 Å². The van der Waals surface area contributed by atoms with Crippen LogP contribution in [0.2, 0.25) is 0 Å². The van der Waals surface area contributed by atoms with E-state index in [0.29, 0.717) is 16.8 Å². The predicted octanol–water partition coefficient (Wildman–Crippen LogP) is 5.29. The van der Waals surface area contributed by atoms with Crippen LogP contribution >= 0.6 is 0 Å². The van der Waals surface area contributed by atoms with Crippen LogP contribution in [0.4, 0.5) is 5.69 Å². The summed E-state index contributed by atoms with van der Waals surface area (Å²) in [5.41, 5.74) is 4.29. The topological polar surface area (TPSA) is 75.3 Å². The van der Waals surface area contributed by atoms with Gasteiger partial charge in [-0.3, -0.25) is 9.52 Å². The van der Waals surface area contributed by atoms with Gasteiger partial charge in [-0.1, -0.05) is 55.5 Å². The zero-order valence-electron chi connectivity index (χ0n) is 18.3. The first-order valence-corrected chi connectivity index (χ1v) is 11.8. The molecule has 0 aliphatic rings. The van der Waals surface area contributed by atoms with E-state index in [1.807, 2.05) is 63.2 Å². The lowest BCUT2D eigenvalue weighted by Crippen LogP contribution is -2.28. The molecule has 0 fully saturated rings. The molecule has 3 aromatic carbocycles.